The summed E-state index contributed by atoms with van der Waals surface area (Å²) in [5.74, 6) is 0.161. The highest BCUT2D eigenvalue weighted by atomic mass is 32.2. The van der Waals surface area contributed by atoms with E-state index in [2.05, 4.69) is 19.7 Å². The van der Waals surface area contributed by atoms with E-state index in [1.165, 1.54) is 24.7 Å². The molecule has 0 radical (unpaired) electrons. The highest BCUT2D eigenvalue weighted by molar-refractivity contribution is 7.89. The first-order valence-corrected chi connectivity index (χ1v) is 6.25. The molecule has 0 amide bonds. The normalized spacial score (nSPS) is 11.5. The minimum atomic E-state index is -3.58. The summed E-state index contributed by atoms with van der Waals surface area (Å²) >= 11 is 0. The molecule has 0 saturated carbocycles. The van der Waals surface area contributed by atoms with Crippen molar-refractivity contribution in [3.05, 3.63) is 36.5 Å². The fourth-order valence-corrected chi connectivity index (χ4v) is 2.26. The van der Waals surface area contributed by atoms with Gasteiger partial charge >= 0.3 is 0 Å². The molecule has 2 heterocycles. The number of rotatable bonds is 4. The molecule has 17 heavy (non-hydrogen) atoms. The van der Waals surface area contributed by atoms with Crippen molar-refractivity contribution in [1.82, 2.24) is 19.7 Å². The number of imidazole rings is 1. The lowest BCUT2D eigenvalue weighted by atomic mass is 10.5. The third kappa shape index (κ3) is 2.80. The maximum absolute atomic E-state index is 11.9. The number of nitrogens with two attached hydrogens (primary N) is 1. The lowest BCUT2D eigenvalue weighted by Gasteiger charge is -2.05. The first kappa shape index (κ1) is 11.6. The van der Waals surface area contributed by atoms with Crippen molar-refractivity contribution in [2.24, 2.45) is 0 Å². The number of aromatic nitrogens is 3. The van der Waals surface area contributed by atoms with E-state index in [-0.39, 0.29) is 17.3 Å². The summed E-state index contributed by atoms with van der Waals surface area (Å²) in [4.78, 5) is 10.4. The molecule has 0 aromatic carbocycles. The third-order valence-electron chi connectivity index (χ3n) is 2.07. The molecule has 90 valence electrons. The predicted octanol–water partition coefficient (Wildman–Crippen LogP) is -0.135. The topological polar surface area (TPSA) is 114 Å². The number of nitrogens with zero attached hydrogens (tertiary/aromatic N) is 2. The zero-order chi connectivity index (χ0) is 12.3. The summed E-state index contributed by atoms with van der Waals surface area (Å²) in [6.45, 7) is 0.143. The van der Waals surface area contributed by atoms with E-state index in [1.807, 2.05) is 0 Å². The second-order valence-corrected chi connectivity index (χ2v) is 5.08. The van der Waals surface area contributed by atoms with E-state index >= 15 is 0 Å². The van der Waals surface area contributed by atoms with Gasteiger partial charge in [0.25, 0.3) is 0 Å². The van der Waals surface area contributed by atoms with Gasteiger partial charge in [0.2, 0.25) is 10.0 Å². The number of hydrogen-bond donors (Lipinski definition) is 3. The molecule has 0 atom stereocenters. The average molecular weight is 253 g/mol. The van der Waals surface area contributed by atoms with Crippen LogP contribution in [0.5, 0.6) is 0 Å². The van der Waals surface area contributed by atoms with Gasteiger partial charge in [-0.2, -0.15) is 0 Å². The molecule has 4 N–H and O–H groups in total. The Morgan fingerprint density at radius 1 is 1.47 bits per heavy atom. The molecule has 0 unspecified atom stereocenters. The van der Waals surface area contributed by atoms with Crippen LogP contribution in [0.3, 0.4) is 0 Å². The molecule has 8 heteroatoms. The first-order valence-electron chi connectivity index (χ1n) is 4.76. The summed E-state index contributed by atoms with van der Waals surface area (Å²) in [6, 6.07) is 2.68. The first-order chi connectivity index (χ1) is 8.08. The van der Waals surface area contributed by atoms with Gasteiger partial charge in [0.15, 0.2) is 0 Å². The van der Waals surface area contributed by atoms with E-state index < -0.39 is 10.0 Å². The van der Waals surface area contributed by atoms with Gasteiger partial charge in [-0.05, 0) is 6.07 Å². The van der Waals surface area contributed by atoms with Crippen molar-refractivity contribution in [3.8, 4) is 0 Å². The molecule has 2 rings (SSSR count). The van der Waals surface area contributed by atoms with Crippen LogP contribution < -0.4 is 10.5 Å². The number of anilines is 1. The van der Waals surface area contributed by atoms with E-state index in [0.717, 1.165) is 0 Å². The van der Waals surface area contributed by atoms with E-state index in [1.54, 1.807) is 6.20 Å². The summed E-state index contributed by atoms with van der Waals surface area (Å²) in [6.07, 6.45) is 4.37. The maximum Gasteiger partial charge on any atom is 0.241 e. The largest absolute Gasteiger partial charge is 0.384 e. The Labute approximate surface area is 98.2 Å². The summed E-state index contributed by atoms with van der Waals surface area (Å²) in [5.41, 5.74) is 6.10. The smallest absolute Gasteiger partial charge is 0.241 e. The Bertz CT molecular complexity index is 594. The van der Waals surface area contributed by atoms with Gasteiger partial charge in [-0.1, -0.05) is 0 Å². The number of aromatic amines is 1. The van der Waals surface area contributed by atoms with Crippen molar-refractivity contribution in [2.75, 3.05) is 5.73 Å². The Balaban J connectivity index is 2.14. The fraction of sp³-hybridized carbons (Fsp3) is 0.111. The zero-order valence-corrected chi connectivity index (χ0v) is 9.61. The summed E-state index contributed by atoms with van der Waals surface area (Å²) in [5, 5.41) is 0. The zero-order valence-electron chi connectivity index (χ0n) is 8.79. The lowest BCUT2D eigenvalue weighted by molar-refractivity contribution is 0.580. The van der Waals surface area contributed by atoms with Crippen molar-refractivity contribution in [1.29, 1.82) is 0 Å². The van der Waals surface area contributed by atoms with Crippen LogP contribution in [0.1, 0.15) is 5.69 Å². The molecule has 7 nitrogen and oxygen atoms in total. The van der Waals surface area contributed by atoms with Gasteiger partial charge in [0, 0.05) is 24.2 Å². The fourth-order valence-electron chi connectivity index (χ4n) is 1.23. The minimum absolute atomic E-state index is 0.0875. The molecule has 0 aliphatic carbocycles. The van der Waals surface area contributed by atoms with Crippen LogP contribution in [0.25, 0.3) is 0 Å². The second kappa shape index (κ2) is 4.52. The van der Waals surface area contributed by atoms with Gasteiger partial charge in [-0.3, -0.25) is 0 Å². The lowest BCUT2D eigenvalue weighted by Crippen LogP contribution is -2.23. The predicted molar refractivity (Wildman–Crippen MR) is 61.3 cm³/mol. The number of sulfonamides is 1. The van der Waals surface area contributed by atoms with Crippen LogP contribution in [0.2, 0.25) is 0 Å². The molecule has 0 fully saturated rings. The number of hydrogen-bond acceptors (Lipinski definition) is 5. The number of H-pyrrole nitrogens is 1. The highest BCUT2D eigenvalue weighted by Gasteiger charge is 2.14. The van der Waals surface area contributed by atoms with E-state index in [4.69, 9.17) is 5.73 Å². The van der Waals surface area contributed by atoms with Gasteiger partial charge in [0.1, 0.15) is 5.82 Å². The highest BCUT2D eigenvalue weighted by Crippen LogP contribution is 2.10. The van der Waals surface area contributed by atoms with Gasteiger partial charge in [-0.15, -0.1) is 0 Å². The summed E-state index contributed by atoms with van der Waals surface area (Å²) < 4.78 is 26.1. The molecule has 2 aromatic rings. The number of pyridine rings is 1. The van der Waals surface area contributed by atoms with Crippen molar-refractivity contribution >= 4 is 15.8 Å². The molecular weight excluding hydrogens is 242 g/mol. The van der Waals surface area contributed by atoms with Crippen LogP contribution in [0, 0.1) is 0 Å². The van der Waals surface area contributed by atoms with Crippen molar-refractivity contribution < 1.29 is 8.42 Å². The molecule has 0 aliphatic heterocycles. The number of nitrogen functional groups attached to an aromatic ring is 1. The standard InChI is InChI=1S/C9H11N5O2S/c10-9-3-8(1-2-12-9)17(15,16)14-5-7-4-11-6-13-7/h1-4,6,14H,5H2,(H2,10,12)(H,11,13). The molecule has 2 aromatic heterocycles. The SMILES string of the molecule is Nc1cc(S(=O)(=O)NCc2cnc[nH]2)ccn1. The monoisotopic (exact) mass is 253 g/mol. The Kier molecular flexibility index (Phi) is 3.07. The van der Waals surface area contributed by atoms with Crippen LogP contribution >= 0.6 is 0 Å². The van der Waals surface area contributed by atoms with Crippen LogP contribution in [0.4, 0.5) is 5.82 Å². The van der Waals surface area contributed by atoms with Gasteiger partial charge in [0.05, 0.1) is 17.8 Å². The Morgan fingerprint density at radius 2 is 2.29 bits per heavy atom. The van der Waals surface area contributed by atoms with Crippen molar-refractivity contribution in [2.45, 2.75) is 11.4 Å². The quantitative estimate of drug-likeness (QED) is 0.702. The molecule has 0 spiro atoms. The molecule has 0 bridgehead atoms. The van der Waals surface area contributed by atoms with E-state index in [9.17, 15) is 8.42 Å². The van der Waals surface area contributed by atoms with Gasteiger partial charge in [-0.25, -0.2) is 23.1 Å². The molecule has 0 saturated heterocycles. The average Bonchev–Trinajstić information content (AvgIpc) is 2.79. The van der Waals surface area contributed by atoms with Gasteiger partial charge < -0.3 is 10.7 Å². The van der Waals surface area contributed by atoms with Crippen LogP contribution in [0.15, 0.2) is 35.7 Å². The van der Waals surface area contributed by atoms with Crippen LogP contribution in [-0.4, -0.2) is 23.4 Å². The Hall–Kier alpha value is -1.93. The van der Waals surface area contributed by atoms with E-state index in [0.29, 0.717) is 5.69 Å². The van der Waals surface area contributed by atoms with Crippen molar-refractivity contribution in [3.63, 3.8) is 0 Å². The maximum atomic E-state index is 11.9. The molecular formula is C9H11N5O2S. The second-order valence-electron chi connectivity index (χ2n) is 3.32. The molecule has 0 aliphatic rings. The third-order valence-corrected chi connectivity index (χ3v) is 3.47. The number of nitrogens with one attached hydrogen (secondary N) is 2. The van der Waals surface area contributed by atoms with Crippen LogP contribution in [-0.2, 0) is 16.6 Å². The Morgan fingerprint density at radius 3 is 2.94 bits per heavy atom. The summed E-state index contributed by atoms with van der Waals surface area (Å²) in [7, 11) is -3.58. The minimum Gasteiger partial charge on any atom is -0.384 e.